The van der Waals surface area contributed by atoms with Crippen LogP contribution in [-0.4, -0.2) is 78.8 Å². The fourth-order valence-corrected chi connectivity index (χ4v) is 4.83. The van der Waals surface area contributed by atoms with Crippen molar-refractivity contribution in [2.75, 3.05) is 47.0 Å². The van der Waals surface area contributed by atoms with Crippen LogP contribution in [0.1, 0.15) is 38.5 Å². The van der Waals surface area contributed by atoms with Crippen LogP contribution in [0.5, 0.6) is 11.5 Å². The summed E-state index contributed by atoms with van der Waals surface area (Å²) in [6.07, 6.45) is 3.18. The Hall–Kier alpha value is -3.14. The average Bonchev–Trinajstić information content (AvgIpc) is 3.37. The molecule has 0 radical (unpaired) electrons. The van der Waals surface area contributed by atoms with Gasteiger partial charge in [-0.25, -0.2) is 0 Å². The normalized spacial score (nSPS) is 19.4. The highest BCUT2D eigenvalue weighted by molar-refractivity contribution is 5.80. The number of piperidine rings is 2. The number of carbonyl (C=O) groups is 2. The van der Waals surface area contributed by atoms with Gasteiger partial charge in [0.25, 0.3) is 0 Å². The summed E-state index contributed by atoms with van der Waals surface area (Å²) in [5.74, 6) is 2.02. The quantitative estimate of drug-likeness (QED) is 0.521. The van der Waals surface area contributed by atoms with Gasteiger partial charge in [0.15, 0.2) is 11.5 Å². The van der Waals surface area contributed by atoms with Crippen LogP contribution in [0, 0.1) is 11.8 Å². The Morgan fingerprint density at radius 2 is 1.83 bits per heavy atom. The molecule has 0 bridgehead atoms. The van der Waals surface area contributed by atoms with Gasteiger partial charge in [0.1, 0.15) is 0 Å². The van der Waals surface area contributed by atoms with E-state index in [1.54, 1.807) is 14.2 Å². The van der Waals surface area contributed by atoms with Gasteiger partial charge >= 0.3 is 5.97 Å². The zero-order valence-electron chi connectivity index (χ0n) is 20.7. The van der Waals surface area contributed by atoms with Gasteiger partial charge in [-0.3, -0.25) is 14.5 Å². The fraction of sp³-hybridized carbons (Fsp3) is 0.600. The molecule has 1 aromatic heterocycles. The molecule has 0 saturated carbocycles. The molecule has 4 rings (SSSR count). The number of benzene rings is 1. The minimum absolute atomic E-state index is 0.0165. The first-order valence-corrected chi connectivity index (χ1v) is 12.2. The van der Waals surface area contributed by atoms with Gasteiger partial charge in [0.2, 0.25) is 17.6 Å². The van der Waals surface area contributed by atoms with E-state index < -0.39 is 0 Å². The van der Waals surface area contributed by atoms with Crippen LogP contribution in [-0.2, 0) is 20.9 Å². The van der Waals surface area contributed by atoms with Crippen LogP contribution < -0.4 is 9.47 Å². The summed E-state index contributed by atoms with van der Waals surface area (Å²) in [5, 5.41) is 4.11. The van der Waals surface area contributed by atoms with Crippen molar-refractivity contribution in [2.24, 2.45) is 11.8 Å². The van der Waals surface area contributed by atoms with Crippen molar-refractivity contribution in [1.29, 1.82) is 0 Å². The monoisotopic (exact) mass is 486 g/mol. The first-order chi connectivity index (χ1) is 17.0. The zero-order valence-corrected chi connectivity index (χ0v) is 20.7. The Kier molecular flexibility index (Phi) is 8.22. The first kappa shape index (κ1) is 25.0. The summed E-state index contributed by atoms with van der Waals surface area (Å²) in [5.41, 5.74) is 0.782. The van der Waals surface area contributed by atoms with E-state index in [1.807, 2.05) is 30.0 Å². The van der Waals surface area contributed by atoms with Crippen LogP contribution in [0.25, 0.3) is 11.4 Å². The lowest BCUT2D eigenvalue weighted by Gasteiger charge is -2.37. The number of aromatic nitrogens is 2. The van der Waals surface area contributed by atoms with E-state index in [0.717, 1.165) is 50.9 Å². The molecule has 35 heavy (non-hydrogen) atoms. The number of esters is 1. The lowest BCUT2D eigenvalue weighted by atomic mass is 9.92. The Bertz CT molecular complexity index is 1020. The molecule has 0 unspecified atom stereocenters. The van der Waals surface area contributed by atoms with Crippen LogP contribution >= 0.6 is 0 Å². The Morgan fingerprint density at radius 3 is 2.54 bits per heavy atom. The molecule has 0 spiro atoms. The molecule has 2 fully saturated rings. The van der Waals surface area contributed by atoms with E-state index in [2.05, 4.69) is 15.0 Å². The molecular formula is C25H34N4O6. The molecule has 10 heteroatoms. The van der Waals surface area contributed by atoms with E-state index in [0.29, 0.717) is 42.9 Å². The van der Waals surface area contributed by atoms with Gasteiger partial charge in [0, 0.05) is 24.6 Å². The van der Waals surface area contributed by atoms with Crippen molar-refractivity contribution < 1.29 is 28.3 Å². The van der Waals surface area contributed by atoms with Gasteiger partial charge in [0.05, 0.1) is 33.3 Å². The molecule has 2 aliphatic rings. The highest BCUT2D eigenvalue weighted by atomic mass is 16.5. The van der Waals surface area contributed by atoms with Crippen LogP contribution in [0.15, 0.2) is 22.7 Å². The van der Waals surface area contributed by atoms with Gasteiger partial charge in [-0.05, 0) is 63.9 Å². The topological polar surface area (TPSA) is 107 Å². The van der Waals surface area contributed by atoms with Crippen molar-refractivity contribution in [3.63, 3.8) is 0 Å². The predicted molar refractivity (Wildman–Crippen MR) is 127 cm³/mol. The number of hydrogen-bond acceptors (Lipinski definition) is 9. The van der Waals surface area contributed by atoms with E-state index in [1.165, 1.54) is 0 Å². The van der Waals surface area contributed by atoms with Crippen molar-refractivity contribution in [1.82, 2.24) is 19.9 Å². The zero-order chi connectivity index (χ0) is 24.8. The number of carbonyl (C=O) groups excluding carboxylic acids is 2. The number of likely N-dealkylation sites (tertiary alicyclic amines) is 2. The fourth-order valence-electron chi connectivity index (χ4n) is 4.83. The number of ether oxygens (including phenoxy) is 3. The van der Waals surface area contributed by atoms with E-state index in [4.69, 9.17) is 18.7 Å². The minimum Gasteiger partial charge on any atom is -0.493 e. The highest BCUT2D eigenvalue weighted by Gasteiger charge is 2.34. The second kappa shape index (κ2) is 11.5. The Labute approximate surface area is 205 Å². The third-order valence-corrected chi connectivity index (χ3v) is 6.76. The summed E-state index contributed by atoms with van der Waals surface area (Å²) >= 11 is 0. The number of methoxy groups -OCH3 is 2. The molecule has 1 atom stereocenters. The van der Waals surface area contributed by atoms with Crippen molar-refractivity contribution in [3.8, 4) is 22.9 Å². The molecule has 1 aromatic carbocycles. The third-order valence-electron chi connectivity index (χ3n) is 6.76. The summed E-state index contributed by atoms with van der Waals surface area (Å²) < 4.78 is 21.3. The van der Waals surface area contributed by atoms with E-state index in [-0.39, 0.29) is 23.7 Å². The van der Waals surface area contributed by atoms with Crippen LogP contribution in [0.4, 0.5) is 0 Å². The molecule has 2 aliphatic heterocycles. The Balaban J connectivity index is 1.29. The van der Waals surface area contributed by atoms with Gasteiger partial charge < -0.3 is 23.6 Å². The molecule has 1 amide bonds. The molecule has 3 heterocycles. The third kappa shape index (κ3) is 5.93. The number of hydrogen-bond donors (Lipinski definition) is 0. The summed E-state index contributed by atoms with van der Waals surface area (Å²) in [7, 11) is 3.18. The SMILES string of the molecule is CCOC(=O)[C@H]1CCCN(C(=O)C2CCN(Cc3nc(-c4ccc(OC)c(OC)c4)no3)CC2)C1. The van der Waals surface area contributed by atoms with E-state index >= 15 is 0 Å². The van der Waals surface area contributed by atoms with Gasteiger partial charge in [-0.1, -0.05) is 5.16 Å². The summed E-state index contributed by atoms with van der Waals surface area (Å²) in [6.45, 7) is 5.46. The largest absolute Gasteiger partial charge is 0.493 e. The second-order valence-corrected chi connectivity index (χ2v) is 9.01. The standard InChI is InChI=1S/C25H34N4O6/c1-4-34-25(31)19-6-5-11-29(15-19)24(30)17-9-12-28(13-10-17)16-22-26-23(27-35-22)18-7-8-20(32-2)21(14-18)33-3/h7-8,14,17,19H,4-6,9-13,15-16H2,1-3H3/t19-/m0/s1. The number of amides is 1. The highest BCUT2D eigenvalue weighted by Crippen LogP contribution is 2.31. The average molecular weight is 487 g/mol. The molecule has 2 aromatic rings. The maximum atomic E-state index is 13.1. The lowest BCUT2D eigenvalue weighted by Crippen LogP contribution is -2.47. The number of rotatable bonds is 8. The van der Waals surface area contributed by atoms with Crippen molar-refractivity contribution in [2.45, 2.75) is 39.2 Å². The van der Waals surface area contributed by atoms with Crippen molar-refractivity contribution >= 4 is 11.9 Å². The van der Waals surface area contributed by atoms with Crippen molar-refractivity contribution in [3.05, 3.63) is 24.1 Å². The summed E-state index contributed by atoms with van der Waals surface area (Å²) in [6, 6.07) is 5.49. The maximum absolute atomic E-state index is 13.1. The smallest absolute Gasteiger partial charge is 0.310 e. The Morgan fingerprint density at radius 1 is 1.06 bits per heavy atom. The first-order valence-electron chi connectivity index (χ1n) is 12.2. The van der Waals surface area contributed by atoms with Gasteiger partial charge in [-0.2, -0.15) is 4.98 Å². The lowest BCUT2D eigenvalue weighted by molar-refractivity contribution is -0.152. The molecular weight excluding hydrogens is 452 g/mol. The summed E-state index contributed by atoms with van der Waals surface area (Å²) in [4.78, 5) is 33.8. The minimum atomic E-state index is -0.204. The predicted octanol–water partition coefficient (Wildman–Crippen LogP) is 2.77. The van der Waals surface area contributed by atoms with Crippen LogP contribution in [0.3, 0.4) is 0 Å². The second-order valence-electron chi connectivity index (χ2n) is 9.01. The van der Waals surface area contributed by atoms with E-state index in [9.17, 15) is 9.59 Å². The molecule has 2 saturated heterocycles. The molecule has 10 nitrogen and oxygen atoms in total. The molecule has 0 N–H and O–H groups in total. The van der Waals surface area contributed by atoms with Gasteiger partial charge in [-0.15, -0.1) is 0 Å². The van der Waals surface area contributed by atoms with Crippen LogP contribution in [0.2, 0.25) is 0 Å². The number of nitrogens with zero attached hydrogens (tertiary/aromatic N) is 4. The molecule has 0 aliphatic carbocycles. The molecule has 190 valence electrons. The maximum Gasteiger partial charge on any atom is 0.310 e.